The zero-order valence-corrected chi connectivity index (χ0v) is 10.5. The van der Waals surface area contributed by atoms with E-state index < -0.39 is 5.97 Å². The molecule has 100 valence electrons. The Morgan fingerprint density at radius 3 is 2.84 bits per heavy atom. The number of rotatable bonds is 4. The smallest absolute Gasteiger partial charge is 0.306 e. The zero-order chi connectivity index (χ0) is 13.4. The van der Waals surface area contributed by atoms with Crippen LogP contribution in [0.15, 0.2) is 24.5 Å². The number of hydrogen-bond donors (Lipinski definition) is 2. The molecule has 1 aromatic rings. The summed E-state index contributed by atoms with van der Waals surface area (Å²) in [5, 5.41) is 12.1. The average molecular weight is 260 g/mol. The highest BCUT2D eigenvalue weighted by atomic mass is 16.4. The molecule has 0 aromatic carbocycles. The Bertz CT molecular complexity index is 503. The Hall–Kier alpha value is -1.91. The van der Waals surface area contributed by atoms with Crippen molar-refractivity contribution in [3.63, 3.8) is 0 Å². The Balaban J connectivity index is 1.55. The van der Waals surface area contributed by atoms with Gasteiger partial charge in [0, 0.05) is 18.4 Å². The van der Waals surface area contributed by atoms with Crippen LogP contribution >= 0.6 is 0 Å². The number of carbonyl (C=O) groups excluding carboxylic acids is 1. The summed E-state index contributed by atoms with van der Waals surface area (Å²) in [6, 6.07) is 3.70. The third kappa shape index (κ3) is 2.45. The summed E-state index contributed by atoms with van der Waals surface area (Å²) in [7, 11) is 0. The van der Waals surface area contributed by atoms with Crippen LogP contribution in [-0.4, -0.2) is 28.0 Å². The molecule has 0 spiro atoms. The number of carboxylic acid groups (broad SMARTS) is 1. The number of hydrogen-bond acceptors (Lipinski definition) is 3. The van der Waals surface area contributed by atoms with Gasteiger partial charge in [-0.1, -0.05) is 6.07 Å². The van der Waals surface area contributed by atoms with Crippen LogP contribution in [0, 0.1) is 17.8 Å². The number of nitrogens with one attached hydrogen (secondary N) is 1. The van der Waals surface area contributed by atoms with Gasteiger partial charge in [0.2, 0.25) is 5.91 Å². The van der Waals surface area contributed by atoms with Crippen molar-refractivity contribution in [2.75, 3.05) is 0 Å². The number of aliphatic carboxylic acids is 1. The molecule has 1 heterocycles. The van der Waals surface area contributed by atoms with E-state index in [0.717, 1.165) is 12.0 Å². The van der Waals surface area contributed by atoms with Crippen LogP contribution in [-0.2, 0) is 16.0 Å². The van der Waals surface area contributed by atoms with Gasteiger partial charge in [0.25, 0.3) is 0 Å². The van der Waals surface area contributed by atoms with Crippen molar-refractivity contribution in [2.24, 2.45) is 17.8 Å². The number of aromatic nitrogens is 1. The van der Waals surface area contributed by atoms with E-state index in [1.807, 2.05) is 6.07 Å². The molecule has 0 radical (unpaired) electrons. The molecular weight excluding hydrogens is 244 g/mol. The Kier molecular flexibility index (Phi) is 2.97. The second kappa shape index (κ2) is 4.64. The summed E-state index contributed by atoms with van der Waals surface area (Å²) >= 11 is 0. The lowest BCUT2D eigenvalue weighted by Gasteiger charge is -2.15. The number of amides is 1. The van der Waals surface area contributed by atoms with E-state index in [1.54, 1.807) is 18.5 Å². The molecule has 2 aliphatic carbocycles. The third-order valence-electron chi connectivity index (χ3n) is 4.18. The SMILES string of the molecule is O=C(Cc1cccnc1)N[C@H]1C[C@@H](C(=O)O)[C@@H]2C[C@@H]21. The molecule has 1 aromatic heterocycles. The highest BCUT2D eigenvalue weighted by Gasteiger charge is 2.57. The zero-order valence-electron chi connectivity index (χ0n) is 10.5. The van der Waals surface area contributed by atoms with E-state index in [1.165, 1.54) is 0 Å². The maximum absolute atomic E-state index is 11.9. The third-order valence-corrected chi connectivity index (χ3v) is 4.18. The van der Waals surface area contributed by atoms with Crippen molar-refractivity contribution in [1.29, 1.82) is 0 Å². The van der Waals surface area contributed by atoms with Gasteiger partial charge in [0.05, 0.1) is 12.3 Å². The minimum Gasteiger partial charge on any atom is -0.481 e. The van der Waals surface area contributed by atoms with Gasteiger partial charge < -0.3 is 10.4 Å². The van der Waals surface area contributed by atoms with Crippen LogP contribution < -0.4 is 5.32 Å². The van der Waals surface area contributed by atoms with Gasteiger partial charge in [-0.05, 0) is 36.3 Å². The van der Waals surface area contributed by atoms with Crippen LogP contribution in [0.5, 0.6) is 0 Å². The summed E-state index contributed by atoms with van der Waals surface area (Å²) in [5.74, 6) is -0.389. The second-order valence-corrected chi connectivity index (χ2v) is 5.46. The first-order valence-electron chi connectivity index (χ1n) is 6.56. The predicted octanol–water partition coefficient (Wildman–Crippen LogP) is 0.849. The lowest BCUT2D eigenvalue weighted by Crippen LogP contribution is -2.36. The van der Waals surface area contributed by atoms with Gasteiger partial charge in [-0.2, -0.15) is 0 Å². The van der Waals surface area contributed by atoms with Gasteiger partial charge >= 0.3 is 5.97 Å². The quantitative estimate of drug-likeness (QED) is 0.841. The lowest BCUT2D eigenvalue weighted by atomic mass is 10.0. The standard InChI is InChI=1S/C14H16N2O3/c17-13(4-8-2-1-3-15-7-8)16-12-6-11(14(18)19)9-5-10(9)12/h1-3,7,9-12H,4-6H2,(H,16,17)(H,18,19)/t9-,10+,11-,12+/m1/s1. The first kappa shape index (κ1) is 12.1. The summed E-state index contributed by atoms with van der Waals surface area (Å²) in [6.45, 7) is 0. The second-order valence-electron chi connectivity index (χ2n) is 5.46. The highest BCUT2D eigenvalue weighted by molar-refractivity contribution is 5.79. The fourth-order valence-electron chi connectivity index (χ4n) is 3.18. The van der Waals surface area contributed by atoms with Crippen LogP contribution in [0.1, 0.15) is 18.4 Å². The molecular formula is C14H16N2O3. The van der Waals surface area contributed by atoms with Crippen molar-refractivity contribution < 1.29 is 14.7 Å². The monoisotopic (exact) mass is 260 g/mol. The molecule has 1 amide bonds. The molecule has 2 aliphatic rings. The molecule has 0 aliphatic heterocycles. The van der Waals surface area contributed by atoms with Crippen molar-refractivity contribution in [3.05, 3.63) is 30.1 Å². The van der Waals surface area contributed by atoms with E-state index in [2.05, 4.69) is 10.3 Å². The molecule has 2 saturated carbocycles. The van der Waals surface area contributed by atoms with Gasteiger partial charge in [0.15, 0.2) is 0 Å². The summed E-state index contributed by atoms with van der Waals surface area (Å²) in [5.41, 5.74) is 0.875. The first-order valence-corrected chi connectivity index (χ1v) is 6.56. The normalized spacial score (nSPS) is 31.6. The van der Waals surface area contributed by atoms with Crippen molar-refractivity contribution >= 4 is 11.9 Å². The lowest BCUT2D eigenvalue weighted by molar-refractivity contribution is -0.142. The van der Waals surface area contributed by atoms with Gasteiger partial charge in [0.1, 0.15) is 0 Å². The molecule has 3 rings (SSSR count). The van der Waals surface area contributed by atoms with Crippen molar-refractivity contribution in [1.82, 2.24) is 10.3 Å². The number of carboxylic acids is 1. The van der Waals surface area contributed by atoms with Crippen LogP contribution in [0.3, 0.4) is 0 Å². The van der Waals surface area contributed by atoms with Gasteiger partial charge in [-0.25, -0.2) is 0 Å². The van der Waals surface area contributed by atoms with Gasteiger partial charge in [-0.15, -0.1) is 0 Å². The number of pyridine rings is 1. The van der Waals surface area contributed by atoms with Gasteiger partial charge in [-0.3, -0.25) is 14.6 Å². The number of carbonyl (C=O) groups is 2. The summed E-state index contributed by atoms with van der Waals surface area (Å²) in [4.78, 5) is 26.9. The molecule has 2 fully saturated rings. The van der Waals surface area contributed by atoms with Crippen LogP contribution in [0.4, 0.5) is 0 Å². The molecule has 19 heavy (non-hydrogen) atoms. The minimum atomic E-state index is -0.725. The largest absolute Gasteiger partial charge is 0.481 e. The summed E-state index contributed by atoms with van der Waals surface area (Å²) < 4.78 is 0. The Morgan fingerprint density at radius 1 is 1.37 bits per heavy atom. The number of nitrogens with zero attached hydrogens (tertiary/aromatic N) is 1. The topological polar surface area (TPSA) is 79.3 Å². The molecule has 5 heteroatoms. The highest BCUT2D eigenvalue weighted by Crippen LogP contribution is 2.55. The predicted molar refractivity (Wildman–Crippen MR) is 67.2 cm³/mol. The molecule has 4 atom stereocenters. The molecule has 0 saturated heterocycles. The van der Waals surface area contributed by atoms with E-state index in [0.29, 0.717) is 18.8 Å². The summed E-state index contributed by atoms with van der Waals surface area (Å²) in [6.07, 6.45) is 5.16. The average Bonchev–Trinajstić information content (AvgIpc) is 3.08. The molecule has 5 nitrogen and oxygen atoms in total. The maximum Gasteiger partial charge on any atom is 0.306 e. The number of fused-ring (bicyclic) bond motifs is 1. The van der Waals surface area contributed by atoms with Crippen molar-refractivity contribution in [3.8, 4) is 0 Å². The van der Waals surface area contributed by atoms with E-state index in [4.69, 9.17) is 5.11 Å². The Labute approximate surface area is 111 Å². The van der Waals surface area contributed by atoms with Crippen molar-refractivity contribution in [2.45, 2.75) is 25.3 Å². The Morgan fingerprint density at radius 2 is 2.21 bits per heavy atom. The minimum absolute atomic E-state index is 0.0373. The van der Waals surface area contributed by atoms with E-state index >= 15 is 0 Å². The van der Waals surface area contributed by atoms with Crippen LogP contribution in [0.2, 0.25) is 0 Å². The molecule has 0 unspecified atom stereocenters. The van der Waals surface area contributed by atoms with E-state index in [9.17, 15) is 9.59 Å². The van der Waals surface area contributed by atoms with Crippen LogP contribution in [0.25, 0.3) is 0 Å². The molecule has 0 bridgehead atoms. The first-order chi connectivity index (χ1) is 9.15. The fraction of sp³-hybridized carbons (Fsp3) is 0.500. The maximum atomic E-state index is 11.9. The molecule has 2 N–H and O–H groups in total. The van der Waals surface area contributed by atoms with E-state index in [-0.39, 0.29) is 23.8 Å². The fourth-order valence-corrected chi connectivity index (χ4v) is 3.18.